The van der Waals surface area contributed by atoms with Crippen LogP contribution in [0.5, 0.6) is 0 Å². The third-order valence-corrected chi connectivity index (χ3v) is 8.37. The van der Waals surface area contributed by atoms with E-state index in [0.29, 0.717) is 0 Å². The molecule has 0 aliphatic rings. The maximum Gasteiger partial charge on any atom is 0.146 e. The lowest BCUT2D eigenvalue weighted by molar-refractivity contribution is 0.647. The topological polar surface area (TPSA) is 6.48 Å². The fourth-order valence-electron chi connectivity index (χ4n) is 1.66. The minimum absolute atomic E-state index is 0.837. The number of rotatable bonds is 4. The zero-order valence-electron chi connectivity index (χ0n) is 16.1. The molecule has 0 aromatic heterocycles. The minimum Gasteiger partial charge on any atom is -0.363 e. The SMILES string of the molecule is CN(C)C(=S)SSC(=S)N(C)C.c1ccc(CSCc2ccccc2)cc1. The van der Waals surface area contributed by atoms with Crippen molar-refractivity contribution in [3.05, 3.63) is 71.8 Å². The van der Waals surface area contributed by atoms with Crippen LogP contribution in [0.25, 0.3) is 0 Å². The highest BCUT2D eigenvalue weighted by atomic mass is 33.1. The monoisotopic (exact) mass is 454 g/mol. The summed E-state index contributed by atoms with van der Waals surface area (Å²) in [5.74, 6) is 2.19. The van der Waals surface area contributed by atoms with Gasteiger partial charge in [-0.15, -0.1) is 0 Å². The molecule has 2 rings (SSSR count). The smallest absolute Gasteiger partial charge is 0.146 e. The second-order valence-corrected chi connectivity index (χ2v) is 10.3. The Kier molecular flexibility index (Phi) is 12.9. The number of benzene rings is 2. The van der Waals surface area contributed by atoms with E-state index in [1.807, 2.05) is 49.8 Å². The normalized spacial score (nSPS) is 9.78. The van der Waals surface area contributed by atoms with Gasteiger partial charge in [0.1, 0.15) is 8.64 Å². The van der Waals surface area contributed by atoms with Crippen LogP contribution < -0.4 is 0 Å². The first-order valence-electron chi connectivity index (χ1n) is 8.33. The Labute approximate surface area is 186 Å². The van der Waals surface area contributed by atoms with Gasteiger partial charge in [0.2, 0.25) is 0 Å². The van der Waals surface area contributed by atoms with Gasteiger partial charge in [0.05, 0.1) is 0 Å². The van der Waals surface area contributed by atoms with Crippen LogP contribution >= 0.6 is 57.8 Å². The molecule has 0 aliphatic carbocycles. The lowest BCUT2D eigenvalue weighted by Gasteiger charge is -2.15. The van der Waals surface area contributed by atoms with Crippen molar-refractivity contribution in [2.75, 3.05) is 28.2 Å². The summed E-state index contributed by atoms with van der Waals surface area (Å²) in [6.07, 6.45) is 0. The molecule has 0 amide bonds. The van der Waals surface area contributed by atoms with Crippen LogP contribution in [-0.2, 0) is 11.5 Å². The standard InChI is InChI=1S/C14H14S.C6H12N2S4/c1-3-7-13(8-4-1)11-15-12-14-9-5-2-6-10-14;1-7(2)5(9)11-12-6(10)8(3)4/h1-10H,11-12H2;1-4H3. The molecule has 7 heteroatoms. The van der Waals surface area contributed by atoms with Crippen molar-refractivity contribution in [3.63, 3.8) is 0 Å². The highest BCUT2D eigenvalue weighted by Gasteiger charge is 2.05. The molecule has 27 heavy (non-hydrogen) atoms. The van der Waals surface area contributed by atoms with Crippen LogP contribution in [0.1, 0.15) is 11.1 Å². The van der Waals surface area contributed by atoms with E-state index < -0.39 is 0 Å². The predicted octanol–water partition coefficient (Wildman–Crippen LogP) is 6.18. The predicted molar refractivity (Wildman–Crippen MR) is 136 cm³/mol. The highest BCUT2D eigenvalue weighted by molar-refractivity contribution is 8.89. The first kappa shape index (κ1) is 24.3. The molecule has 0 aliphatic heterocycles. The molecule has 2 aromatic carbocycles. The highest BCUT2D eigenvalue weighted by Crippen LogP contribution is 2.26. The van der Waals surface area contributed by atoms with E-state index >= 15 is 0 Å². The van der Waals surface area contributed by atoms with Crippen molar-refractivity contribution >= 4 is 66.4 Å². The van der Waals surface area contributed by atoms with Crippen molar-refractivity contribution in [3.8, 4) is 0 Å². The number of hydrogen-bond donors (Lipinski definition) is 0. The van der Waals surface area contributed by atoms with Crippen LogP contribution in [-0.4, -0.2) is 46.6 Å². The minimum atomic E-state index is 0.837. The summed E-state index contributed by atoms with van der Waals surface area (Å²) in [7, 11) is 10.7. The second kappa shape index (κ2) is 14.3. The summed E-state index contributed by atoms with van der Waals surface area (Å²) >= 11 is 12.1. The Morgan fingerprint density at radius 1 is 0.667 bits per heavy atom. The molecule has 0 atom stereocenters. The van der Waals surface area contributed by atoms with Crippen molar-refractivity contribution in [2.24, 2.45) is 0 Å². The summed E-state index contributed by atoms with van der Waals surface area (Å²) in [5, 5.41) is 0. The van der Waals surface area contributed by atoms with E-state index in [0.717, 1.165) is 20.1 Å². The van der Waals surface area contributed by atoms with Gasteiger partial charge in [-0.2, -0.15) is 11.8 Å². The average molecular weight is 455 g/mol. The summed E-state index contributed by atoms with van der Waals surface area (Å²) < 4.78 is 1.67. The Morgan fingerprint density at radius 2 is 1.00 bits per heavy atom. The molecular formula is C20H26N2S5. The van der Waals surface area contributed by atoms with Crippen molar-refractivity contribution in [1.29, 1.82) is 0 Å². The van der Waals surface area contributed by atoms with E-state index in [9.17, 15) is 0 Å². The second-order valence-electron chi connectivity index (χ2n) is 5.95. The molecule has 0 saturated carbocycles. The summed E-state index contributed by atoms with van der Waals surface area (Å²) in [4.78, 5) is 3.79. The van der Waals surface area contributed by atoms with Crippen molar-refractivity contribution in [2.45, 2.75) is 11.5 Å². The lowest BCUT2D eigenvalue weighted by atomic mass is 10.2. The third kappa shape index (κ3) is 11.7. The number of thioether (sulfide) groups is 1. The number of hydrogen-bond acceptors (Lipinski definition) is 5. The first-order valence-corrected chi connectivity index (χ1v) is 12.4. The van der Waals surface area contributed by atoms with Crippen LogP contribution in [0, 0.1) is 0 Å². The Hall–Kier alpha value is -0.730. The Balaban J connectivity index is 0.000000279. The average Bonchev–Trinajstić information content (AvgIpc) is 2.67. The first-order chi connectivity index (χ1) is 12.9. The maximum absolute atomic E-state index is 5.07. The molecular weight excluding hydrogens is 429 g/mol. The van der Waals surface area contributed by atoms with Gasteiger partial charge in [0.15, 0.2) is 0 Å². The van der Waals surface area contributed by atoms with E-state index in [4.69, 9.17) is 24.4 Å². The van der Waals surface area contributed by atoms with Crippen LogP contribution in [0.2, 0.25) is 0 Å². The van der Waals surface area contributed by atoms with E-state index in [-0.39, 0.29) is 0 Å². The number of nitrogens with zero attached hydrogens (tertiary/aromatic N) is 2. The molecule has 0 N–H and O–H groups in total. The van der Waals surface area contributed by atoms with Gasteiger partial charge in [-0.25, -0.2) is 0 Å². The van der Waals surface area contributed by atoms with Crippen molar-refractivity contribution < 1.29 is 0 Å². The Morgan fingerprint density at radius 3 is 1.30 bits per heavy atom. The van der Waals surface area contributed by atoms with Gasteiger partial charge in [0.25, 0.3) is 0 Å². The van der Waals surface area contributed by atoms with Gasteiger partial charge >= 0.3 is 0 Å². The molecule has 0 unspecified atom stereocenters. The zero-order valence-corrected chi connectivity index (χ0v) is 20.2. The number of thiocarbonyl (C=S) groups is 2. The van der Waals surface area contributed by atoms with E-state index in [1.54, 1.807) is 0 Å². The van der Waals surface area contributed by atoms with E-state index in [2.05, 4.69) is 60.7 Å². The van der Waals surface area contributed by atoms with Crippen molar-refractivity contribution in [1.82, 2.24) is 9.80 Å². The van der Waals surface area contributed by atoms with Gasteiger partial charge in [0, 0.05) is 39.7 Å². The van der Waals surface area contributed by atoms with Gasteiger partial charge in [-0.05, 0) is 32.7 Å². The lowest BCUT2D eigenvalue weighted by Crippen LogP contribution is -2.18. The molecule has 0 fully saturated rings. The molecule has 0 spiro atoms. The molecule has 2 nitrogen and oxygen atoms in total. The third-order valence-electron chi connectivity index (χ3n) is 3.14. The fraction of sp³-hybridized carbons (Fsp3) is 0.300. The van der Waals surface area contributed by atoms with Crippen LogP contribution in [0.3, 0.4) is 0 Å². The molecule has 0 bridgehead atoms. The fourth-order valence-corrected chi connectivity index (χ4v) is 4.99. The van der Waals surface area contributed by atoms with Crippen LogP contribution in [0.4, 0.5) is 0 Å². The molecule has 146 valence electrons. The van der Waals surface area contributed by atoms with Gasteiger partial charge in [-0.1, -0.05) is 85.1 Å². The molecule has 0 heterocycles. The zero-order chi connectivity index (χ0) is 20.1. The molecule has 0 saturated heterocycles. The molecule has 0 radical (unpaired) electrons. The summed E-state index contributed by atoms with van der Waals surface area (Å²) in [5.41, 5.74) is 2.80. The maximum atomic E-state index is 5.07. The summed E-state index contributed by atoms with van der Waals surface area (Å²) in [6, 6.07) is 21.2. The summed E-state index contributed by atoms with van der Waals surface area (Å²) in [6.45, 7) is 0. The van der Waals surface area contributed by atoms with Gasteiger partial charge in [-0.3, -0.25) is 0 Å². The largest absolute Gasteiger partial charge is 0.363 e. The van der Waals surface area contributed by atoms with Gasteiger partial charge < -0.3 is 9.80 Å². The quantitative estimate of drug-likeness (QED) is 0.397. The molecule has 2 aromatic rings. The Bertz CT molecular complexity index is 616. The van der Waals surface area contributed by atoms with E-state index in [1.165, 1.54) is 32.7 Å². The van der Waals surface area contributed by atoms with Crippen LogP contribution in [0.15, 0.2) is 60.7 Å².